The van der Waals surface area contributed by atoms with E-state index in [4.69, 9.17) is 27.1 Å². The Bertz CT molecular complexity index is 1100. The molecule has 0 bridgehead atoms. The molecule has 3 atom stereocenters. The molecule has 1 aromatic carbocycles. The molecule has 5 rings (SSSR count). The highest BCUT2D eigenvalue weighted by molar-refractivity contribution is 7.05. The maximum atomic E-state index is 11.1. The number of nitrogens with two attached hydrogens (primary N) is 1. The number of halogens is 1. The van der Waals surface area contributed by atoms with Gasteiger partial charge in [0.25, 0.3) is 0 Å². The van der Waals surface area contributed by atoms with Crippen molar-refractivity contribution in [2.24, 2.45) is 11.7 Å². The van der Waals surface area contributed by atoms with Crippen LogP contribution in [-0.4, -0.2) is 67.9 Å². The Morgan fingerprint density at radius 1 is 1.15 bits per heavy atom. The Kier molecular flexibility index (Phi) is 6.94. The largest absolute Gasteiger partial charge is 0.369 e. The van der Waals surface area contributed by atoms with Gasteiger partial charge in [-0.2, -0.15) is 4.37 Å². The van der Waals surface area contributed by atoms with Gasteiger partial charge in [-0.15, -0.1) is 0 Å². The van der Waals surface area contributed by atoms with Crippen molar-refractivity contribution in [2.75, 3.05) is 32.7 Å². The van der Waals surface area contributed by atoms with Crippen LogP contribution in [0.15, 0.2) is 36.5 Å². The van der Waals surface area contributed by atoms with E-state index >= 15 is 0 Å². The monoisotopic (exact) mass is 488 g/mol. The smallest absolute Gasteiger partial charge is 0.231 e. The molecule has 0 radical (unpaired) electrons. The first-order valence-electron chi connectivity index (χ1n) is 11.4. The van der Waals surface area contributed by atoms with E-state index in [9.17, 15) is 4.79 Å². The van der Waals surface area contributed by atoms with Gasteiger partial charge < -0.3 is 15.0 Å². The molecule has 0 spiro atoms. The lowest BCUT2D eigenvalue weighted by Crippen LogP contribution is -2.48. The summed E-state index contributed by atoms with van der Waals surface area (Å²) in [4.78, 5) is 20.3. The van der Waals surface area contributed by atoms with Crippen LogP contribution in [0.3, 0.4) is 0 Å². The number of benzene rings is 1. The molecule has 0 aliphatic carbocycles. The van der Waals surface area contributed by atoms with Gasteiger partial charge in [0.15, 0.2) is 5.82 Å². The number of fused-ring (bicyclic) bond motifs is 1. The van der Waals surface area contributed by atoms with E-state index in [1.54, 1.807) is 0 Å². The number of nitrogens with zero attached hydrogens (tertiary/aromatic N) is 5. The molecule has 2 fully saturated rings. The fraction of sp³-hybridized carbons (Fsp3) is 0.522. The van der Waals surface area contributed by atoms with Crippen molar-refractivity contribution in [3.63, 3.8) is 0 Å². The van der Waals surface area contributed by atoms with E-state index in [1.165, 1.54) is 22.4 Å². The van der Waals surface area contributed by atoms with Gasteiger partial charge in [0, 0.05) is 44.4 Å². The van der Waals surface area contributed by atoms with E-state index in [0.717, 1.165) is 62.9 Å². The summed E-state index contributed by atoms with van der Waals surface area (Å²) in [5, 5.41) is 2.24. The van der Waals surface area contributed by atoms with Crippen LogP contribution in [0.4, 0.5) is 0 Å². The number of primary amides is 1. The molecule has 3 aromatic rings. The van der Waals surface area contributed by atoms with Gasteiger partial charge in [-0.3, -0.25) is 14.6 Å². The highest BCUT2D eigenvalue weighted by atomic mass is 35.5. The molecule has 33 heavy (non-hydrogen) atoms. The highest BCUT2D eigenvalue weighted by Gasteiger charge is 2.32. The maximum absolute atomic E-state index is 11.1. The number of ether oxygens (including phenoxy) is 1. The molecule has 8 nitrogen and oxygen atoms in total. The fourth-order valence-corrected chi connectivity index (χ4v) is 5.93. The minimum absolute atomic E-state index is 0.175. The van der Waals surface area contributed by atoms with Crippen LogP contribution in [-0.2, 0) is 22.6 Å². The molecule has 2 aromatic heterocycles. The van der Waals surface area contributed by atoms with Gasteiger partial charge in [0.1, 0.15) is 16.7 Å². The summed E-state index contributed by atoms with van der Waals surface area (Å²) in [7, 11) is 0. The van der Waals surface area contributed by atoms with Crippen LogP contribution in [0.25, 0.3) is 10.9 Å². The van der Waals surface area contributed by atoms with Crippen LogP contribution in [0.1, 0.15) is 29.8 Å². The lowest BCUT2D eigenvalue weighted by molar-refractivity contribution is -0.119. The Morgan fingerprint density at radius 3 is 2.76 bits per heavy atom. The Morgan fingerprint density at radius 2 is 1.94 bits per heavy atom. The number of piperazine rings is 1. The van der Waals surface area contributed by atoms with Crippen molar-refractivity contribution >= 4 is 39.9 Å². The van der Waals surface area contributed by atoms with Crippen LogP contribution < -0.4 is 5.73 Å². The lowest BCUT2D eigenvalue weighted by Gasteiger charge is -2.33. The third-order valence-corrected chi connectivity index (χ3v) is 7.48. The second kappa shape index (κ2) is 10.1. The minimum atomic E-state index is -0.333. The number of hydrogen-bond acceptors (Lipinski definition) is 7. The summed E-state index contributed by atoms with van der Waals surface area (Å²) in [5.74, 6) is 0.868. The summed E-state index contributed by atoms with van der Waals surface area (Å²) in [5.41, 5.74) is 6.22. The number of amides is 1. The zero-order valence-corrected chi connectivity index (χ0v) is 20.0. The molecule has 3 unspecified atom stereocenters. The van der Waals surface area contributed by atoms with Crippen LogP contribution in [0.5, 0.6) is 0 Å². The SMILES string of the molecule is NC(=O)CN1CCN(Cc2nc(C3CC(Cn4ccc5ccccc54)CC(Cl)O3)ns2)CC1. The van der Waals surface area contributed by atoms with Crippen LogP contribution >= 0.6 is 23.1 Å². The van der Waals surface area contributed by atoms with Crippen molar-refractivity contribution in [2.45, 2.75) is 37.6 Å². The van der Waals surface area contributed by atoms with Crippen LogP contribution in [0.2, 0.25) is 0 Å². The average molecular weight is 489 g/mol. The molecule has 10 heteroatoms. The molecule has 2 aliphatic heterocycles. The molecule has 2 aliphatic rings. The second-order valence-electron chi connectivity index (χ2n) is 8.96. The van der Waals surface area contributed by atoms with Gasteiger partial charge in [-0.1, -0.05) is 29.8 Å². The van der Waals surface area contributed by atoms with Crippen molar-refractivity contribution in [3.8, 4) is 0 Å². The number of hydrogen-bond donors (Lipinski definition) is 1. The van der Waals surface area contributed by atoms with Crippen LogP contribution in [0, 0.1) is 5.92 Å². The third kappa shape index (κ3) is 5.55. The summed E-state index contributed by atoms with van der Waals surface area (Å²) >= 11 is 7.94. The molecule has 1 amide bonds. The second-order valence-corrected chi connectivity index (χ2v) is 10.3. The van der Waals surface area contributed by atoms with Crippen molar-refractivity contribution in [3.05, 3.63) is 47.4 Å². The number of carbonyl (C=O) groups excluding carboxylic acids is 1. The highest BCUT2D eigenvalue weighted by Crippen LogP contribution is 2.37. The zero-order valence-electron chi connectivity index (χ0n) is 18.5. The molecule has 176 valence electrons. The summed E-state index contributed by atoms with van der Waals surface area (Å²) in [6.07, 6.45) is 3.65. The van der Waals surface area contributed by atoms with Crippen molar-refractivity contribution in [1.29, 1.82) is 0 Å². The van der Waals surface area contributed by atoms with Gasteiger partial charge in [0.2, 0.25) is 5.91 Å². The van der Waals surface area contributed by atoms with Crippen molar-refractivity contribution < 1.29 is 9.53 Å². The standard InChI is InChI=1S/C23H29ClN6O2S/c24-20-12-16(13-30-6-5-17-3-1-2-4-18(17)30)11-19(32-20)23-26-22(33-27-23)15-29-9-7-28(8-10-29)14-21(25)31/h1-6,16,19-20H,7-15H2,(H2,25,31). The Balaban J connectivity index is 1.19. The van der Waals surface area contributed by atoms with Gasteiger partial charge in [0.05, 0.1) is 13.1 Å². The van der Waals surface area contributed by atoms with Gasteiger partial charge >= 0.3 is 0 Å². The number of para-hydroxylation sites is 1. The normalized spacial score (nSPS) is 24.9. The third-order valence-electron chi connectivity index (χ3n) is 6.49. The molecule has 2 N–H and O–H groups in total. The van der Waals surface area contributed by atoms with E-state index < -0.39 is 0 Å². The quantitative estimate of drug-likeness (QED) is 0.514. The summed E-state index contributed by atoms with van der Waals surface area (Å²) in [6.45, 7) is 5.45. The molecule has 2 saturated heterocycles. The topological polar surface area (TPSA) is 89.5 Å². The molecule has 4 heterocycles. The fourth-order valence-electron chi connectivity index (χ4n) is 4.82. The molecular weight excluding hydrogens is 460 g/mol. The predicted molar refractivity (Wildman–Crippen MR) is 129 cm³/mol. The van der Waals surface area contributed by atoms with E-state index in [0.29, 0.717) is 12.5 Å². The average Bonchev–Trinajstić information content (AvgIpc) is 3.42. The number of aromatic nitrogens is 3. The first-order chi connectivity index (χ1) is 16.0. The Hall–Kier alpha value is -2.04. The Labute approximate surface area is 202 Å². The predicted octanol–water partition coefficient (Wildman–Crippen LogP) is 2.83. The number of rotatable bonds is 7. The summed E-state index contributed by atoms with van der Waals surface area (Å²) in [6, 6.07) is 10.6. The van der Waals surface area contributed by atoms with E-state index in [-0.39, 0.29) is 17.6 Å². The molecular formula is C23H29ClN6O2S. The lowest BCUT2D eigenvalue weighted by atomic mass is 9.95. The summed E-state index contributed by atoms with van der Waals surface area (Å²) < 4.78 is 13.0. The van der Waals surface area contributed by atoms with E-state index in [1.807, 2.05) is 0 Å². The first kappa shape index (κ1) is 22.7. The number of carbonyl (C=O) groups is 1. The van der Waals surface area contributed by atoms with Gasteiger partial charge in [-0.25, -0.2) is 4.98 Å². The van der Waals surface area contributed by atoms with Crippen molar-refractivity contribution in [1.82, 2.24) is 23.7 Å². The van der Waals surface area contributed by atoms with Gasteiger partial charge in [-0.05, 0) is 47.8 Å². The maximum Gasteiger partial charge on any atom is 0.231 e. The zero-order chi connectivity index (χ0) is 22.8. The molecule has 0 saturated carbocycles. The minimum Gasteiger partial charge on any atom is -0.369 e. The first-order valence-corrected chi connectivity index (χ1v) is 12.6. The number of alkyl halides is 1. The van der Waals surface area contributed by atoms with E-state index in [2.05, 4.69) is 55.3 Å².